The van der Waals surface area contributed by atoms with Crippen molar-refractivity contribution in [2.24, 2.45) is 0 Å². The minimum atomic E-state index is -0.382. The molecule has 0 N–H and O–H groups in total. The lowest BCUT2D eigenvalue weighted by atomic mass is 10.4. The first-order valence-corrected chi connectivity index (χ1v) is 5.70. The van der Waals surface area contributed by atoms with Crippen molar-refractivity contribution in [1.29, 1.82) is 0 Å². The van der Waals surface area contributed by atoms with Gasteiger partial charge in [0.05, 0.1) is 12.0 Å². The average molecular weight is 225 g/mol. The summed E-state index contributed by atoms with van der Waals surface area (Å²) in [4.78, 5) is 16.2. The van der Waals surface area contributed by atoms with Crippen LogP contribution in [0.2, 0.25) is 0 Å². The van der Waals surface area contributed by atoms with E-state index in [0.717, 1.165) is 12.8 Å². The van der Waals surface area contributed by atoms with Crippen molar-refractivity contribution in [3.63, 3.8) is 0 Å². The fourth-order valence-corrected chi connectivity index (χ4v) is 1.89. The highest BCUT2D eigenvalue weighted by atomic mass is 32.1. The van der Waals surface area contributed by atoms with E-state index in [0.29, 0.717) is 16.8 Å². The van der Waals surface area contributed by atoms with E-state index >= 15 is 0 Å². The molecular formula is C10H11NO3S. The molecule has 2 rings (SSSR count). The molecule has 0 atom stereocenters. The van der Waals surface area contributed by atoms with Crippen LogP contribution in [0.25, 0.3) is 10.2 Å². The lowest BCUT2D eigenvalue weighted by Crippen LogP contribution is -2.04. The Morgan fingerprint density at radius 1 is 1.60 bits per heavy atom. The van der Waals surface area contributed by atoms with Gasteiger partial charge in [-0.15, -0.1) is 11.3 Å². The second-order valence-electron chi connectivity index (χ2n) is 3.11. The summed E-state index contributed by atoms with van der Waals surface area (Å²) in [5.74, 6) is 0. The summed E-state index contributed by atoms with van der Waals surface area (Å²) in [6.07, 6.45) is 2.03. The van der Waals surface area contributed by atoms with Crippen LogP contribution >= 0.6 is 11.3 Å². The van der Waals surface area contributed by atoms with Crippen LogP contribution in [0.3, 0.4) is 0 Å². The summed E-state index contributed by atoms with van der Waals surface area (Å²) >= 11 is 1.40. The van der Waals surface area contributed by atoms with Gasteiger partial charge in [-0.05, 0) is 17.9 Å². The maximum atomic E-state index is 11.4. The Kier molecular flexibility index (Phi) is 3.01. The van der Waals surface area contributed by atoms with Crippen molar-refractivity contribution < 1.29 is 9.15 Å². The molecule has 0 aliphatic heterocycles. The van der Waals surface area contributed by atoms with Crippen LogP contribution in [-0.4, -0.2) is 11.6 Å². The second kappa shape index (κ2) is 4.44. The molecule has 2 aromatic rings. The van der Waals surface area contributed by atoms with Gasteiger partial charge in [0, 0.05) is 0 Å². The van der Waals surface area contributed by atoms with Gasteiger partial charge < -0.3 is 9.15 Å². The maximum absolute atomic E-state index is 11.4. The Labute approximate surface area is 90.5 Å². The molecule has 80 valence electrons. The number of hydrogen-bond donors (Lipinski definition) is 0. The SMILES string of the molecule is CCCCOc1nc2sccc2c(=O)o1. The van der Waals surface area contributed by atoms with E-state index in [1.54, 1.807) is 6.07 Å². The Hall–Kier alpha value is -1.36. The number of aromatic nitrogens is 1. The lowest BCUT2D eigenvalue weighted by molar-refractivity contribution is 0.213. The molecule has 0 aliphatic carbocycles. The number of thiophene rings is 1. The monoisotopic (exact) mass is 225 g/mol. The van der Waals surface area contributed by atoms with E-state index in [1.807, 2.05) is 5.38 Å². The molecule has 0 aliphatic rings. The number of nitrogens with zero attached hydrogens (tertiary/aromatic N) is 1. The molecule has 0 saturated heterocycles. The Balaban J connectivity index is 2.25. The van der Waals surface area contributed by atoms with Crippen LogP contribution in [0.5, 0.6) is 6.08 Å². The molecule has 0 radical (unpaired) electrons. The van der Waals surface area contributed by atoms with Crippen LogP contribution in [0.15, 0.2) is 20.7 Å². The van der Waals surface area contributed by atoms with Gasteiger partial charge in [0.1, 0.15) is 4.83 Å². The summed E-state index contributed by atoms with van der Waals surface area (Å²) in [5, 5.41) is 2.33. The highest BCUT2D eigenvalue weighted by Crippen LogP contribution is 2.17. The Morgan fingerprint density at radius 3 is 3.27 bits per heavy atom. The largest absolute Gasteiger partial charge is 0.450 e. The quantitative estimate of drug-likeness (QED) is 0.750. The molecule has 5 heteroatoms. The summed E-state index contributed by atoms with van der Waals surface area (Å²) in [7, 11) is 0. The molecule has 0 amide bonds. The Morgan fingerprint density at radius 2 is 2.47 bits per heavy atom. The number of fused-ring (bicyclic) bond motifs is 1. The molecule has 0 spiro atoms. The molecule has 0 aromatic carbocycles. The number of rotatable bonds is 4. The highest BCUT2D eigenvalue weighted by Gasteiger charge is 2.07. The molecule has 2 heterocycles. The summed E-state index contributed by atoms with van der Waals surface area (Å²) in [6.45, 7) is 2.60. The Bertz CT molecular complexity index is 503. The normalized spacial score (nSPS) is 10.7. The minimum absolute atomic E-state index is 0.0726. The van der Waals surface area contributed by atoms with E-state index in [9.17, 15) is 4.79 Å². The average Bonchev–Trinajstić information content (AvgIpc) is 2.66. The highest BCUT2D eigenvalue weighted by molar-refractivity contribution is 7.16. The van der Waals surface area contributed by atoms with Crippen molar-refractivity contribution in [3.8, 4) is 6.08 Å². The standard InChI is InChI=1S/C10H11NO3S/c1-2-3-5-13-10-11-8-7(4-6-15-8)9(12)14-10/h4,6H,2-3,5H2,1H3. The molecule has 15 heavy (non-hydrogen) atoms. The van der Waals surface area contributed by atoms with Crippen LogP contribution in [0.1, 0.15) is 19.8 Å². The van der Waals surface area contributed by atoms with Gasteiger partial charge in [-0.3, -0.25) is 0 Å². The summed E-state index contributed by atoms with van der Waals surface area (Å²) < 4.78 is 10.1. The number of unbranched alkanes of at least 4 members (excludes halogenated alkanes) is 1. The van der Waals surface area contributed by atoms with Gasteiger partial charge in [-0.1, -0.05) is 13.3 Å². The zero-order valence-corrected chi connectivity index (χ0v) is 9.17. The minimum Gasteiger partial charge on any atom is -0.450 e. The van der Waals surface area contributed by atoms with Gasteiger partial charge in [-0.2, -0.15) is 4.98 Å². The number of hydrogen-bond acceptors (Lipinski definition) is 5. The van der Waals surface area contributed by atoms with Gasteiger partial charge in [0.2, 0.25) is 0 Å². The summed E-state index contributed by atoms with van der Waals surface area (Å²) in [5.41, 5.74) is -0.382. The molecule has 4 nitrogen and oxygen atoms in total. The molecule has 0 unspecified atom stereocenters. The van der Waals surface area contributed by atoms with Crippen molar-refractivity contribution in [2.75, 3.05) is 6.61 Å². The third-order valence-corrected chi connectivity index (χ3v) is 2.77. The van der Waals surface area contributed by atoms with E-state index in [2.05, 4.69) is 11.9 Å². The predicted octanol–water partition coefficient (Wildman–Crippen LogP) is 2.43. The topological polar surface area (TPSA) is 52.3 Å². The molecule has 2 aromatic heterocycles. The first-order valence-electron chi connectivity index (χ1n) is 4.82. The fourth-order valence-electron chi connectivity index (χ4n) is 1.15. The van der Waals surface area contributed by atoms with E-state index in [1.165, 1.54) is 11.3 Å². The predicted molar refractivity (Wildman–Crippen MR) is 58.6 cm³/mol. The van der Waals surface area contributed by atoms with Crippen molar-refractivity contribution in [3.05, 3.63) is 21.9 Å². The third-order valence-electron chi connectivity index (χ3n) is 1.96. The molecule has 0 saturated carbocycles. The van der Waals surface area contributed by atoms with Gasteiger partial charge in [-0.25, -0.2) is 4.79 Å². The molecule has 0 fully saturated rings. The van der Waals surface area contributed by atoms with E-state index in [4.69, 9.17) is 9.15 Å². The maximum Gasteiger partial charge on any atom is 0.397 e. The van der Waals surface area contributed by atoms with Crippen LogP contribution in [0.4, 0.5) is 0 Å². The number of ether oxygens (including phenoxy) is 1. The van der Waals surface area contributed by atoms with Gasteiger partial charge in [0.15, 0.2) is 0 Å². The van der Waals surface area contributed by atoms with E-state index in [-0.39, 0.29) is 11.7 Å². The van der Waals surface area contributed by atoms with Crippen LogP contribution < -0.4 is 10.4 Å². The smallest absolute Gasteiger partial charge is 0.397 e. The molecular weight excluding hydrogens is 214 g/mol. The second-order valence-corrected chi connectivity index (χ2v) is 4.00. The van der Waals surface area contributed by atoms with Crippen LogP contribution in [0, 0.1) is 0 Å². The van der Waals surface area contributed by atoms with Crippen molar-refractivity contribution >= 4 is 21.6 Å². The van der Waals surface area contributed by atoms with Gasteiger partial charge >= 0.3 is 11.7 Å². The van der Waals surface area contributed by atoms with Crippen molar-refractivity contribution in [2.45, 2.75) is 19.8 Å². The first-order chi connectivity index (χ1) is 7.31. The van der Waals surface area contributed by atoms with Gasteiger partial charge in [0.25, 0.3) is 0 Å². The lowest BCUT2D eigenvalue weighted by Gasteiger charge is -2.00. The van der Waals surface area contributed by atoms with E-state index < -0.39 is 0 Å². The zero-order valence-electron chi connectivity index (χ0n) is 8.36. The third kappa shape index (κ3) is 2.18. The first kappa shape index (κ1) is 10.2. The zero-order chi connectivity index (χ0) is 10.7. The summed E-state index contributed by atoms with van der Waals surface area (Å²) in [6, 6.07) is 1.70. The van der Waals surface area contributed by atoms with Crippen LogP contribution in [-0.2, 0) is 0 Å². The molecule has 0 bridgehead atoms. The van der Waals surface area contributed by atoms with Crippen molar-refractivity contribution in [1.82, 2.24) is 4.98 Å². The fraction of sp³-hybridized carbons (Fsp3) is 0.400.